The average Bonchev–Trinajstić information content (AvgIpc) is 3.50. The number of hydrogen-bond donors (Lipinski definition) is 3. The number of amides is 1. The fraction of sp³-hybridized carbons (Fsp3) is 0.308. The van der Waals surface area contributed by atoms with Crippen molar-refractivity contribution in [1.82, 2.24) is 30.1 Å². The fourth-order valence-electron chi connectivity index (χ4n) is 3.75. The number of aromatic nitrogens is 6. The zero-order valence-electron chi connectivity index (χ0n) is 20.8. The number of benzene rings is 1. The van der Waals surface area contributed by atoms with Gasteiger partial charge in [0.25, 0.3) is 5.91 Å². The summed E-state index contributed by atoms with van der Waals surface area (Å²) < 4.78 is 0. The van der Waals surface area contributed by atoms with E-state index in [9.17, 15) is 4.79 Å². The largest absolute Gasteiger partial charge is 0.367 e. The third kappa shape index (κ3) is 5.17. The second-order valence-corrected chi connectivity index (χ2v) is 9.96. The molecule has 0 saturated heterocycles. The molecule has 1 aliphatic carbocycles. The molecule has 0 atom stereocenters. The number of carbonyl (C=O) groups excluding carboxylic acids is 1. The van der Waals surface area contributed by atoms with Crippen molar-refractivity contribution < 1.29 is 4.79 Å². The molecule has 0 aliphatic heterocycles. The SMILES string of the molecule is Cc1ccc(C(=O)Nc2ccnc(C(C)(C)C)c2)cc1N(c1cc(NC2CC2)ncn1)c1ncn[nH]1. The third-order valence-electron chi connectivity index (χ3n) is 5.92. The molecular formula is C26H29N9O. The first-order valence-electron chi connectivity index (χ1n) is 11.9. The number of hydrogen-bond acceptors (Lipinski definition) is 8. The predicted molar refractivity (Wildman–Crippen MR) is 139 cm³/mol. The Labute approximate surface area is 209 Å². The first-order valence-corrected chi connectivity index (χ1v) is 11.9. The maximum atomic E-state index is 13.2. The first-order chi connectivity index (χ1) is 17.3. The lowest BCUT2D eigenvalue weighted by Gasteiger charge is -2.23. The average molecular weight is 484 g/mol. The standard InChI is InChI=1S/C26H29N9O/c1-16-5-6-17(24(36)33-19-9-10-27-21(12-19)26(2,3)4)11-20(16)35(25-30-15-31-34-25)23-13-22(28-14-29-23)32-18-7-8-18/h5-6,9-15,18H,7-8H2,1-4H3,(H,27,33,36)(H,28,29,32)(H,30,31,34). The molecule has 1 saturated carbocycles. The summed E-state index contributed by atoms with van der Waals surface area (Å²) >= 11 is 0. The second-order valence-electron chi connectivity index (χ2n) is 9.96. The van der Waals surface area contributed by atoms with Gasteiger partial charge >= 0.3 is 0 Å². The molecule has 0 spiro atoms. The van der Waals surface area contributed by atoms with Crippen molar-refractivity contribution in [2.45, 2.75) is 52.0 Å². The Morgan fingerprint density at radius 1 is 1.03 bits per heavy atom. The van der Waals surface area contributed by atoms with Crippen molar-refractivity contribution in [3.63, 3.8) is 0 Å². The van der Waals surface area contributed by atoms with E-state index in [1.807, 2.05) is 36.1 Å². The summed E-state index contributed by atoms with van der Waals surface area (Å²) in [7, 11) is 0. The summed E-state index contributed by atoms with van der Waals surface area (Å²) in [6.45, 7) is 8.24. The molecule has 1 aromatic carbocycles. The zero-order valence-corrected chi connectivity index (χ0v) is 20.8. The van der Waals surface area contributed by atoms with Crippen LogP contribution < -0.4 is 15.5 Å². The van der Waals surface area contributed by atoms with Gasteiger partial charge in [-0.15, -0.1) is 0 Å². The van der Waals surface area contributed by atoms with E-state index in [1.54, 1.807) is 18.3 Å². The molecule has 1 aliphatic rings. The molecule has 5 rings (SSSR count). The normalized spacial score (nSPS) is 13.3. The highest BCUT2D eigenvalue weighted by molar-refractivity contribution is 6.05. The highest BCUT2D eigenvalue weighted by Gasteiger charge is 2.24. The van der Waals surface area contributed by atoms with Crippen molar-refractivity contribution >= 4 is 34.9 Å². The highest BCUT2D eigenvalue weighted by atomic mass is 16.1. The molecule has 10 nitrogen and oxygen atoms in total. The van der Waals surface area contributed by atoms with Crippen LogP contribution in [0.25, 0.3) is 0 Å². The lowest BCUT2D eigenvalue weighted by molar-refractivity contribution is 0.102. The summed E-state index contributed by atoms with van der Waals surface area (Å²) in [5.74, 6) is 1.61. The number of aromatic amines is 1. The van der Waals surface area contributed by atoms with Gasteiger partial charge in [0.15, 0.2) is 0 Å². The highest BCUT2D eigenvalue weighted by Crippen LogP contribution is 2.35. The number of rotatable bonds is 7. The van der Waals surface area contributed by atoms with Gasteiger partial charge < -0.3 is 10.6 Å². The van der Waals surface area contributed by atoms with Crippen LogP contribution in [0.15, 0.2) is 55.2 Å². The zero-order chi connectivity index (χ0) is 25.3. The molecule has 0 unspecified atom stereocenters. The second kappa shape index (κ2) is 9.37. The van der Waals surface area contributed by atoms with Crippen LogP contribution in [0, 0.1) is 6.92 Å². The maximum absolute atomic E-state index is 13.2. The minimum Gasteiger partial charge on any atom is -0.367 e. The quantitative estimate of drug-likeness (QED) is 0.339. The number of nitrogens with one attached hydrogen (secondary N) is 3. The topological polar surface area (TPSA) is 125 Å². The molecule has 3 heterocycles. The van der Waals surface area contributed by atoms with Gasteiger partial charge in [-0.2, -0.15) is 10.1 Å². The van der Waals surface area contributed by atoms with Crippen LogP contribution in [0.5, 0.6) is 0 Å². The molecule has 36 heavy (non-hydrogen) atoms. The van der Waals surface area contributed by atoms with Gasteiger partial charge in [-0.1, -0.05) is 26.8 Å². The molecule has 184 valence electrons. The van der Waals surface area contributed by atoms with E-state index in [-0.39, 0.29) is 11.3 Å². The lowest BCUT2D eigenvalue weighted by atomic mass is 9.91. The van der Waals surface area contributed by atoms with Crippen molar-refractivity contribution in [2.24, 2.45) is 0 Å². The first kappa shape index (κ1) is 23.4. The molecule has 1 fully saturated rings. The Morgan fingerprint density at radius 3 is 2.58 bits per heavy atom. The Morgan fingerprint density at radius 2 is 1.86 bits per heavy atom. The Kier molecular flexibility index (Phi) is 6.09. The summed E-state index contributed by atoms with van der Waals surface area (Å²) in [6, 6.07) is 11.6. The van der Waals surface area contributed by atoms with Gasteiger partial charge in [-0.3, -0.25) is 14.7 Å². The van der Waals surface area contributed by atoms with Crippen LogP contribution in [0.4, 0.5) is 29.0 Å². The van der Waals surface area contributed by atoms with Gasteiger partial charge in [-0.05, 0) is 49.6 Å². The number of pyridine rings is 1. The molecule has 4 aromatic rings. The van der Waals surface area contributed by atoms with Crippen molar-refractivity contribution in [2.75, 3.05) is 15.5 Å². The third-order valence-corrected chi connectivity index (χ3v) is 5.92. The number of carbonyl (C=O) groups is 1. The van der Waals surface area contributed by atoms with Crippen molar-refractivity contribution in [3.05, 3.63) is 72.1 Å². The summed E-state index contributed by atoms with van der Waals surface area (Å²) in [5, 5.41) is 13.3. The van der Waals surface area contributed by atoms with E-state index in [0.29, 0.717) is 29.1 Å². The van der Waals surface area contributed by atoms with Gasteiger partial charge in [-0.25, -0.2) is 15.1 Å². The Hall–Kier alpha value is -4.34. The molecular weight excluding hydrogens is 454 g/mol. The van der Waals surface area contributed by atoms with Crippen LogP contribution in [0.3, 0.4) is 0 Å². The van der Waals surface area contributed by atoms with E-state index >= 15 is 0 Å². The van der Waals surface area contributed by atoms with Crippen LogP contribution in [-0.2, 0) is 5.41 Å². The van der Waals surface area contributed by atoms with E-state index in [0.717, 1.165) is 35.6 Å². The van der Waals surface area contributed by atoms with E-state index in [1.165, 1.54) is 12.7 Å². The molecule has 0 radical (unpaired) electrons. The molecule has 3 aromatic heterocycles. The van der Waals surface area contributed by atoms with Gasteiger partial charge in [0.2, 0.25) is 5.95 Å². The minimum atomic E-state index is -0.224. The van der Waals surface area contributed by atoms with Crippen molar-refractivity contribution in [3.8, 4) is 0 Å². The lowest BCUT2D eigenvalue weighted by Crippen LogP contribution is -2.18. The van der Waals surface area contributed by atoms with Gasteiger partial charge in [0.1, 0.15) is 24.3 Å². The minimum absolute atomic E-state index is 0.125. The monoisotopic (exact) mass is 483 g/mol. The van der Waals surface area contributed by atoms with Gasteiger partial charge in [0, 0.05) is 40.7 Å². The number of nitrogens with zero attached hydrogens (tertiary/aromatic N) is 6. The van der Waals surface area contributed by atoms with Crippen LogP contribution in [-0.4, -0.2) is 42.1 Å². The van der Waals surface area contributed by atoms with Gasteiger partial charge in [0.05, 0.1) is 5.69 Å². The van der Waals surface area contributed by atoms with E-state index in [2.05, 4.69) is 61.5 Å². The summed E-state index contributed by atoms with van der Waals surface area (Å²) in [5.41, 5.74) is 3.67. The molecule has 10 heteroatoms. The number of anilines is 5. The fourth-order valence-corrected chi connectivity index (χ4v) is 3.75. The van der Waals surface area contributed by atoms with E-state index in [4.69, 9.17) is 0 Å². The number of H-pyrrole nitrogens is 1. The van der Waals surface area contributed by atoms with Crippen molar-refractivity contribution in [1.29, 1.82) is 0 Å². The Bertz CT molecular complexity index is 1370. The smallest absolute Gasteiger partial charge is 0.255 e. The molecule has 1 amide bonds. The van der Waals surface area contributed by atoms with Crippen LogP contribution in [0.1, 0.15) is 55.2 Å². The van der Waals surface area contributed by atoms with Crippen LogP contribution in [0.2, 0.25) is 0 Å². The molecule has 0 bridgehead atoms. The van der Waals surface area contributed by atoms with E-state index < -0.39 is 0 Å². The predicted octanol–water partition coefficient (Wildman–Crippen LogP) is 4.89. The maximum Gasteiger partial charge on any atom is 0.255 e. The Balaban J connectivity index is 1.48. The number of aryl methyl sites for hydroxylation is 1. The summed E-state index contributed by atoms with van der Waals surface area (Å²) in [4.78, 5) is 32.7. The summed E-state index contributed by atoms with van der Waals surface area (Å²) in [6.07, 6.45) is 6.94. The molecule has 3 N–H and O–H groups in total. The van der Waals surface area contributed by atoms with Crippen LogP contribution >= 0.6 is 0 Å².